The van der Waals surface area contributed by atoms with Crippen molar-refractivity contribution in [3.05, 3.63) is 55.4 Å². The number of nitro groups is 1. The number of carboxylic acids is 2. The number of aromatic nitrogens is 1. The number of nitrogens with one attached hydrogen (secondary N) is 1. The maximum Gasteiger partial charge on any atom is 0.342 e. The first-order chi connectivity index (χ1) is 11.7. The summed E-state index contributed by atoms with van der Waals surface area (Å²) in [5, 5.41) is 38.5. The number of pyridine rings is 1. The van der Waals surface area contributed by atoms with Crippen LogP contribution < -0.4 is 11.3 Å². The summed E-state index contributed by atoms with van der Waals surface area (Å²) < 4.78 is 0. The van der Waals surface area contributed by atoms with Crippen molar-refractivity contribution >= 4 is 23.4 Å². The van der Waals surface area contributed by atoms with Gasteiger partial charge in [0.05, 0.1) is 4.92 Å². The minimum Gasteiger partial charge on any atom is -0.478 e. The average molecular weight is 344 g/mol. The number of H-pyrrole nitrogens is 1. The van der Waals surface area contributed by atoms with Gasteiger partial charge in [-0.2, -0.15) is 5.26 Å². The topological polar surface area (TPSA) is 200 Å². The molecule has 0 unspecified atom stereocenters. The Labute approximate surface area is 137 Å². The number of hydrogen-bond donors (Lipinski definition) is 4. The summed E-state index contributed by atoms with van der Waals surface area (Å²) in [6.45, 7) is 0. The highest BCUT2D eigenvalue weighted by atomic mass is 16.6. The number of carboxylic acid groups (broad SMARTS) is 2. The largest absolute Gasteiger partial charge is 0.478 e. The van der Waals surface area contributed by atoms with Crippen molar-refractivity contribution in [2.45, 2.75) is 0 Å². The molecule has 0 atom stereocenters. The van der Waals surface area contributed by atoms with Crippen molar-refractivity contribution in [1.29, 1.82) is 5.26 Å². The van der Waals surface area contributed by atoms with E-state index in [0.717, 1.165) is 18.2 Å². The van der Waals surface area contributed by atoms with Gasteiger partial charge >= 0.3 is 11.9 Å². The number of rotatable bonds is 4. The highest BCUT2D eigenvalue weighted by Gasteiger charge is 2.27. The van der Waals surface area contributed by atoms with Crippen LogP contribution in [0, 0.1) is 21.4 Å². The molecule has 1 aromatic heterocycles. The lowest BCUT2D eigenvalue weighted by atomic mass is 9.94. The van der Waals surface area contributed by atoms with Gasteiger partial charge in [0, 0.05) is 11.6 Å². The van der Waals surface area contributed by atoms with Gasteiger partial charge in [0.25, 0.3) is 11.2 Å². The van der Waals surface area contributed by atoms with Crippen LogP contribution in [-0.2, 0) is 0 Å². The van der Waals surface area contributed by atoms with Gasteiger partial charge in [0.15, 0.2) is 0 Å². The zero-order chi connectivity index (χ0) is 18.9. The number of aromatic carboxylic acids is 2. The smallest absolute Gasteiger partial charge is 0.342 e. The molecular formula is C14H8N4O7. The van der Waals surface area contributed by atoms with Crippen LogP contribution in [0.15, 0.2) is 23.0 Å². The summed E-state index contributed by atoms with van der Waals surface area (Å²) in [7, 11) is 0. The van der Waals surface area contributed by atoms with Crippen LogP contribution in [0.25, 0.3) is 11.1 Å². The summed E-state index contributed by atoms with van der Waals surface area (Å²) in [6, 6.07) is 4.42. The average Bonchev–Trinajstić information content (AvgIpc) is 2.52. The molecular weight excluding hydrogens is 336 g/mol. The van der Waals surface area contributed by atoms with Gasteiger partial charge < -0.3 is 20.9 Å². The van der Waals surface area contributed by atoms with E-state index in [1.165, 1.54) is 0 Å². The fourth-order valence-corrected chi connectivity index (χ4v) is 2.28. The number of nitriles is 1. The number of nitro benzene ring substituents is 1. The monoisotopic (exact) mass is 344 g/mol. The van der Waals surface area contributed by atoms with Gasteiger partial charge in [-0.3, -0.25) is 14.9 Å². The lowest BCUT2D eigenvalue weighted by Gasteiger charge is -2.12. The van der Waals surface area contributed by atoms with Crippen LogP contribution in [0.1, 0.15) is 26.3 Å². The summed E-state index contributed by atoms with van der Waals surface area (Å²) in [6.07, 6.45) is 0. The van der Waals surface area contributed by atoms with Crippen molar-refractivity contribution in [2.24, 2.45) is 0 Å². The molecule has 1 aromatic carbocycles. The molecule has 0 saturated carbocycles. The minimum atomic E-state index is -1.73. The zero-order valence-corrected chi connectivity index (χ0v) is 12.1. The van der Waals surface area contributed by atoms with E-state index in [0.29, 0.717) is 0 Å². The highest BCUT2D eigenvalue weighted by molar-refractivity contribution is 6.07. The maximum atomic E-state index is 11.9. The highest BCUT2D eigenvalue weighted by Crippen LogP contribution is 2.32. The number of anilines is 1. The number of nitrogen functional groups attached to an aromatic ring is 1. The SMILES string of the molecule is N#Cc1cc(-c2c(C(=O)O)c(N)[nH]c(=O)c2C(=O)O)ccc1[N+](=O)[O-]. The summed E-state index contributed by atoms with van der Waals surface area (Å²) in [4.78, 5) is 46.7. The van der Waals surface area contributed by atoms with Crippen molar-refractivity contribution < 1.29 is 24.7 Å². The maximum absolute atomic E-state index is 11.9. The van der Waals surface area contributed by atoms with E-state index < -0.39 is 56.2 Å². The molecule has 0 aliphatic carbocycles. The Kier molecular flexibility index (Phi) is 4.20. The molecule has 0 spiro atoms. The van der Waals surface area contributed by atoms with E-state index >= 15 is 0 Å². The number of benzene rings is 1. The zero-order valence-electron chi connectivity index (χ0n) is 12.1. The predicted molar refractivity (Wildman–Crippen MR) is 82.2 cm³/mol. The fraction of sp³-hybridized carbons (Fsp3) is 0. The number of aromatic amines is 1. The molecule has 1 heterocycles. The van der Waals surface area contributed by atoms with Crippen molar-refractivity contribution in [3.8, 4) is 17.2 Å². The molecule has 2 aromatic rings. The van der Waals surface area contributed by atoms with Crippen LogP contribution in [0.4, 0.5) is 11.5 Å². The summed E-state index contributed by atoms with van der Waals surface area (Å²) >= 11 is 0. The molecule has 0 aliphatic heterocycles. The van der Waals surface area contributed by atoms with E-state index in [1.807, 2.05) is 4.98 Å². The molecule has 0 fully saturated rings. The van der Waals surface area contributed by atoms with Crippen LogP contribution in [0.2, 0.25) is 0 Å². The second-order valence-corrected chi connectivity index (χ2v) is 4.70. The lowest BCUT2D eigenvalue weighted by molar-refractivity contribution is -0.385. The Balaban J connectivity index is 2.98. The van der Waals surface area contributed by atoms with Gasteiger partial charge in [-0.15, -0.1) is 0 Å². The summed E-state index contributed by atoms with van der Waals surface area (Å²) in [5.74, 6) is -3.94. The number of carbonyl (C=O) groups is 2. The first-order valence-electron chi connectivity index (χ1n) is 6.40. The van der Waals surface area contributed by atoms with Gasteiger partial charge in [0.1, 0.15) is 28.6 Å². The van der Waals surface area contributed by atoms with Gasteiger partial charge in [-0.05, 0) is 17.7 Å². The van der Waals surface area contributed by atoms with Crippen LogP contribution in [0.3, 0.4) is 0 Å². The Hall–Kier alpha value is -4.20. The van der Waals surface area contributed by atoms with Crippen LogP contribution in [-0.4, -0.2) is 32.1 Å². The minimum absolute atomic E-state index is 0.185. The molecule has 126 valence electrons. The third kappa shape index (κ3) is 2.86. The first kappa shape index (κ1) is 17.2. The molecule has 0 bridgehead atoms. The lowest BCUT2D eigenvalue weighted by Crippen LogP contribution is -2.24. The molecule has 0 radical (unpaired) electrons. The van der Waals surface area contributed by atoms with Crippen LogP contribution in [0.5, 0.6) is 0 Å². The summed E-state index contributed by atoms with van der Waals surface area (Å²) in [5.41, 5.74) is 0.985. The van der Waals surface area contributed by atoms with Crippen molar-refractivity contribution in [1.82, 2.24) is 4.98 Å². The van der Waals surface area contributed by atoms with Gasteiger partial charge in [-0.25, -0.2) is 9.59 Å². The van der Waals surface area contributed by atoms with E-state index in [1.54, 1.807) is 6.07 Å². The second-order valence-electron chi connectivity index (χ2n) is 4.70. The number of nitrogens with zero attached hydrogens (tertiary/aromatic N) is 2. The van der Waals surface area contributed by atoms with Crippen molar-refractivity contribution in [2.75, 3.05) is 5.73 Å². The van der Waals surface area contributed by atoms with Crippen molar-refractivity contribution in [3.63, 3.8) is 0 Å². The fourth-order valence-electron chi connectivity index (χ4n) is 2.28. The van der Waals surface area contributed by atoms with E-state index in [2.05, 4.69) is 0 Å². The normalized spacial score (nSPS) is 10.0. The first-order valence-corrected chi connectivity index (χ1v) is 6.40. The number of hydrogen-bond acceptors (Lipinski definition) is 7. The standard InChI is InChI=1S/C14H8N4O7/c15-4-6-3-5(1-2-7(6)18(24)25)8-9(13(20)21)11(16)17-12(19)10(8)14(22)23/h1-3H,(H,20,21)(H,22,23)(H3,16,17,19). The van der Waals surface area contributed by atoms with E-state index in [4.69, 9.17) is 11.0 Å². The third-order valence-electron chi connectivity index (χ3n) is 3.27. The molecule has 5 N–H and O–H groups in total. The molecule has 0 saturated heterocycles. The Morgan fingerprint density at radius 2 is 1.84 bits per heavy atom. The predicted octanol–water partition coefficient (Wildman–Crippen LogP) is 0.800. The second kappa shape index (κ2) is 6.13. The molecule has 25 heavy (non-hydrogen) atoms. The quantitative estimate of drug-likeness (QED) is 0.457. The van der Waals surface area contributed by atoms with E-state index in [9.17, 15) is 34.7 Å². The Morgan fingerprint density at radius 3 is 2.32 bits per heavy atom. The molecule has 0 amide bonds. The number of nitrogens with two attached hydrogens (primary N) is 1. The van der Waals surface area contributed by atoms with Crippen LogP contribution >= 0.6 is 0 Å². The Bertz CT molecular complexity index is 1030. The van der Waals surface area contributed by atoms with Gasteiger partial charge in [0.2, 0.25) is 0 Å². The third-order valence-corrected chi connectivity index (χ3v) is 3.27. The van der Waals surface area contributed by atoms with Gasteiger partial charge in [-0.1, -0.05) is 0 Å². The van der Waals surface area contributed by atoms with E-state index in [-0.39, 0.29) is 5.56 Å². The molecule has 2 rings (SSSR count). The molecule has 0 aliphatic rings. The Morgan fingerprint density at radius 1 is 1.24 bits per heavy atom. The molecule has 11 nitrogen and oxygen atoms in total. The molecule has 11 heteroatoms.